The summed E-state index contributed by atoms with van der Waals surface area (Å²) in [5.74, 6) is 3.33. The van der Waals surface area contributed by atoms with E-state index in [2.05, 4.69) is 43.7 Å². The van der Waals surface area contributed by atoms with Gasteiger partial charge in [-0.1, -0.05) is 29.3 Å². The van der Waals surface area contributed by atoms with E-state index in [4.69, 9.17) is 9.73 Å². The van der Waals surface area contributed by atoms with Crippen LogP contribution in [-0.4, -0.2) is 34.4 Å². The maximum Gasteiger partial charge on any atom is 0.191 e. The summed E-state index contributed by atoms with van der Waals surface area (Å²) < 4.78 is 8.40. The fraction of sp³-hybridized carbons (Fsp3) is 0.500. The second-order valence-corrected chi connectivity index (χ2v) is 6.89. The number of aryl methyl sites for hydroxylation is 1. The molecule has 0 bridgehead atoms. The molecule has 0 spiro atoms. The van der Waals surface area contributed by atoms with E-state index in [9.17, 15) is 0 Å². The average Bonchev–Trinajstić information content (AvgIpc) is 2.95. The van der Waals surface area contributed by atoms with Gasteiger partial charge in [-0.3, -0.25) is 0 Å². The molecule has 27 heavy (non-hydrogen) atoms. The third-order valence-electron chi connectivity index (χ3n) is 4.07. The minimum absolute atomic E-state index is 0. The molecule has 150 valence electrons. The van der Waals surface area contributed by atoms with E-state index in [-0.39, 0.29) is 24.0 Å². The lowest BCUT2D eigenvalue weighted by molar-refractivity contribution is 0.409. The van der Waals surface area contributed by atoms with Crippen molar-refractivity contribution in [3.8, 4) is 5.75 Å². The minimum Gasteiger partial charge on any atom is -0.496 e. The van der Waals surface area contributed by atoms with Crippen molar-refractivity contribution >= 4 is 45.9 Å². The number of nitrogens with one attached hydrogen (secondary N) is 2. The second-order valence-electron chi connectivity index (χ2n) is 5.98. The first-order valence-corrected chi connectivity index (χ1v) is 9.54. The molecule has 2 aromatic rings. The SMILES string of the molecule is CCCCNC(=NCc1cc(Br)ccc1OC)NCc1nnc(C)n1C.I. The van der Waals surface area contributed by atoms with Crippen LogP contribution in [0.1, 0.15) is 37.0 Å². The molecule has 9 heteroatoms. The molecular weight excluding hydrogens is 523 g/mol. The van der Waals surface area contributed by atoms with Crippen LogP contribution in [0.5, 0.6) is 5.75 Å². The van der Waals surface area contributed by atoms with E-state index < -0.39 is 0 Å². The molecule has 2 N–H and O–H groups in total. The molecule has 1 heterocycles. The fourth-order valence-corrected chi connectivity index (χ4v) is 2.77. The van der Waals surface area contributed by atoms with E-state index in [1.54, 1.807) is 7.11 Å². The molecule has 0 aliphatic carbocycles. The number of aliphatic imine (C=N–C) groups is 1. The minimum atomic E-state index is 0. The Morgan fingerprint density at radius 3 is 2.70 bits per heavy atom. The first-order chi connectivity index (χ1) is 12.5. The number of ether oxygens (including phenoxy) is 1. The van der Waals surface area contributed by atoms with Gasteiger partial charge in [0.1, 0.15) is 11.6 Å². The van der Waals surface area contributed by atoms with Gasteiger partial charge in [0.05, 0.1) is 20.2 Å². The molecule has 0 unspecified atom stereocenters. The highest BCUT2D eigenvalue weighted by molar-refractivity contribution is 14.0. The van der Waals surface area contributed by atoms with Gasteiger partial charge in [-0.05, 0) is 31.5 Å². The van der Waals surface area contributed by atoms with Crippen molar-refractivity contribution in [2.45, 2.75) is 39.8 Å². The quantitative estimate of drug-likeness (QED) is 0.227. The van der Waals surface area contributed by atoms with Crippen LogP contribution in [0, 0.1) is 6.92 Å². The van der Waals surface area contributed by atoms with E-state index in [0.29, 0.717) is 13.1 Å². The van der Waals surface area contributed by atoms with Gasteiger partial charge in [-0.15, -0.1) is 34.2 Å². The predicted molar refractivity (Wildman–Crippen MR) is 123 cm³/mol. The van der Waals surface area contributed by atoms with Gasteiger partial charge in [0.25, 0.3) is 0 Å². The zero-order chi connectivity index (χ0) is 18.9. The van der Waals surface area contributed by atoms with Crippen molar-refractivity contribution in [1.82, 2.24) is 25.4 Å². The summed E-state index contributed by atoms with van der Waals surface area (Å²) in [6.07, 6.45) is 2.21. The number of guanidine groups is 1. The Bertz CT molecular complexity index is 749. The summed E-state index contributed by atoms with van der Waals surface area (Å²) in [6.45, 7) is 6.05. The van der Waals surface area contributed by atoms with Crippen LogP contribution in [0.2, 0.25) is 0 Å². The van der Waals surface area contributed by atoms with Crippen LogP contribution in [0.15, 0.2) is 27.7 Å². The van der Waals surface area contributed by atoms with Gasteiger partial charge in [0.15, 0.2) is 11.8 Å². The number of unbranched alkanes of at least 4 members (excludes halogenated alkanes) is 1. The number of benzene rings is 1. The van der Waals surface area contributed by atoms with Gasteiger partial charge in [0, 0.05) is 23.6 Å². The molecular formula is C18H28BrIN6O. The Kier molecular flexibility index (Phi) is 10.7. The summed E-state index contributed by atoms with van der Waals surface area (Å²) >= 11 is 3.50. The van der Waals surface area contributed by atoms with Crippen molar-refractivity contribution in [2.75, 3.05) is 13.7 Å². The number of hydrogen-bond acceptors (Lipinski definition) is 4. The summed E-state index contributed by atoms with van der Waals surface area (Å²) in [6, 6.07) is 5.92. The van der Waals surface area contributed by atoms with Gasteiger partial charge < -0.3 is 19.9 Å². The Morgan fingerprint density at radius 2 is 2.07 bits per heavy atom. The van der Waals surface area contributed by atoms with Crippen molar-refractivity contribution in [3.05, 3.63) is 39.9 Å². The molecule has 0 atom stereocenters. The highest BCUT2D eigenvalue weighted by Gasteiger charge is 2.07. The lowest BCUT2D eigenvalue weighted by Crippen LogP contribution is -2.38. The van der Waals surface area contributed by atoms with Crippen LogP contribution in [0.4, 0.5) is 0 Å². The average molecular weight is 551 g/mol. The molecule has 0 saturated heterocycles. The summed E-state index contributed by atoms with van der Waals surface area (Å²) in [5, 5.41) is 15.0. The first-order valence-electron chi connectivity index (χ1n) is 8.74. The number of aromatic nitrogens is 3. The smallest absolute Gasteiger partial charge is 0.191 e. The molecule has 0 aliphatic heterocycles. The first kappa shape index (κ1) is 23.7. The molecule has 1 aromatic heterocycles. The predicted octanol–water partition coefficient (Wildman–Crippen LogP) is 3.55. The molecule has 0 aliphatic rings. The summed E-state index contributed by atoms with van der Waals surface area (Å²) in [4.78, 5) is 4.70. The van der Waals surface area contributed by atoms with Gasteiger partial charge >= 0.3 is 0 Å². The Labute approximate surface area is 186 Å². The normalized spacial score (nSPS) is 11.1. The zero-order valence-electron chi connectivity index (χ0n) is 16.3. The number of rotatable bonds is 8. The Balaban J connectivity index is 0.00000364. The van der Waals surface area contributed by atoms with Crippen molar-refractivity contribution in [3.63, 3.8) is 0 Å². The van der Waals surface area contributed by atoms with E-state index in [0.717, 1.165) is 52.8 Å². The standard InChI is InChI=1S/C18H27BrN6O.HI/c1-5-6-9-20-18(22-12-17-24-23-13(2)25(17)3)21-11-14-10-15(19)7-8-16(14)26-4;/h7-8,10H,5-6,9,11-12H2,1-4H3,(H2,20,21,22);1H. The van der Waals surface area contributed by atoms with Crippen molar-refractivity contribution in [1.29, 1.82) is 0 Å². The van der Waals surface area contributed by atoms with E-state index in [1.165, 1.54) is 0 Å². The van der Waals surface area contributed by atoms with Gasteiger partial charge in [-0.25, -0.2) is 4.99 Å². The van der Waals surface area contributed by atoms with Crippen LogP contribution in [0.25, 0.3) is 0 Å². The summed E-state index contributed by atoms with van der Waals surface area (Å²) in [5.41, 5.74) is 1.02. The zero-order valence-corrected chi connectivity index (χ0v) is 20.2. The summed E-state index contributed by atoms with van der Waals surface area (Å²) in [7, 11) is 3.63. The van der Waals surface area contributed by atoms with Gasteiger partial charge in [-0.2, -0.15) is 0 Å². The number of nitrogens with zero attached hydrogens (tertiary/aromatic N) is 4. The Hall–Kier alpha value is -1.36. The third-order valence-corrected chi connectivity index (χ3v) is 4.56. The molecule has 1 aromatic carbocycles. The number of halogens is 2. The highest BCUT2D eigenvalue weighted by Crippen LogP contribution is 2.23. The molecule has 2 rings (SSSR count). The molecule has 7 nitrogen and oxygen atoms in total. The topological polar surface area (TPSA) is 76.4 Å². The monoisotopic (exact) mass is 550 g/mol. The molecule has 0 amide bonds. The molecule has 0 fully saturated rings. The fourth-order valence-electron chi connectivity index (χ4n) is 2.36. The van der Waals surface area contributed by atoms with Crippen LogP contribution in [-0.2, 0) is 20.1 Å². The number of hydrogen-bond donors (Lipinski definition) is 2. The molecule has 0 saturated carbocycles. The number of methoxy groups -OCH3 is 1. The lowest BCUT2D eigenvalue weighted by atomic mass is 10.2. The molecule has 0 radical (unpaired) electrons. The van der Waals surface area contributed by atoms with E-state index >= 15 is 0 Å². The van der Waals surface area contributed by atoms with E-state index in [1.807, 2.05) is 36.7 Å². The van der Waals surface area contributed by atoms with Crippen LogP contribution >= 0.6 is 39.9 Å². The van der Waals surface area contributed by atoms with Crippen molar-refractivity contribution in [2.24, 2.45) is 12.0 Å². The second kappa shape index (κ2) is 12.2. The Morgan fingerprint density at radius 1 is 1.30 bits per heavy atom. The van der Waals surface area contributed by atoms with Gasteiger partial charge in [0.2, 0.25) is 0 Å². The van der Waals surface area contributed by atoms with Crippen LogP contribution in [0.3, 0.4) is 0 Å². The maximum atomic E-state index is 5.43. The maximum absolute atomic E-state index is 5.43. The van der Waals surface area contributed by atoms with Crippen molar-refractivity contribution < 1.29 is 4.74 Å². The third kappa shape index (κ3) is 7.28. The highest BCUT2D eigenvalue weighted by atomic mass is 127. The van der Waals surface area contributed by atoms with Crippen LogP contribution < -0.4 is 15.4 Å². The lowest BCUT2D eigenvalue weighted by Gasteiger charge is -2.13. The largest absolute Gasteiger partial charge is 0.496 e.